The molecule has 0 saturated carbocycles. The van der Waals surface area contributed by atoms with E-state index < -0.39 is 5.60 Å². The molecule has 0 fully saturated rings. The predicted molar refractivity (Wildman–Crippen MR) is 74.4 cm³/mol. The summed E-state index contributed by atoms with van der Waals surface area (Å²) in [6.07, 6.45) is 2.96. The van der Waals surface area contributed by atoms with E-state index in [0.29, 0.717) is 6.54 Å². The van der Waals surface area contributed by atoms with Gasteiger partial charge >= 0.3 is 0 Å². The van der Waals surface area contributed by atoms with Crippen LogP contribution in [0.15, 0.2) is 30.3 Å². The van der Waals surface area contributed by atoms with Gasteiger partial charge in [0.1, 0.15) is 0 Å². The van der Waals surface area contributed by atoms with Gasteiger partial charge in [-0.3, -0.25) is 0 Å². The monoisotopic (exact) mass is 251 g/mol. The quantitative estimate of drug-likeness (QED) is 0.694. The molecular weight excluding hydrogens is 226 g/mol. The lowest BCUT2D eigenvalue weighted by atomic mass is 9.95. The Morgan fingerprint density at radius 3 is 2.39 bits per heavy atom. The third kappa shape index (κ3) is 5.17. The van der Waals surface area contributed by atoms with Crippen molar-refractivity contribution in [3.8, 4) is 0 Å². The SMILES string of the molecule is CN(CCCCCO)CC(C)(O)c1ccccc1. The lowest BCUT2D eigenvalue weighted by Crippen LogP contribution is -2.37. The van der Waals surface area contributed by atoms with Crippen molar-refractivity contribution in [3.05, 3.63) is 35.9 Å². The van der Waals surface area contributed by atoms with Crippen molar-refractivity contribution in [2.45, 2.75) is 31.8 Å². The first kappa shape index (κ1) is 15.2. The Morgan fingerprint density at radius 1 is 1.11 bits per heavy atom. The normalized spacial score (nSPS) is 14.7. The summed E-state index contributed by atoms with van der Waals surface area (Å²) in [4.78, 5) is 2.14. The third-order valence-electron chi connectivity index (χ3n) is 3.17. The zero-order valence-corrected chi connectivity index (χ0v) is 11.5. The van der Waals surface area contributed by atoms with E-state index in [9.17, 15) is 5.11 Å². The largest absolute Gasteiger partial charge is 0.396 e. The van der Waals surface area contributed by atoms with Gasteiger partial charge in [-0.2, -0.15) is 0 Å². The first-order valence-electron chi connectivity index (χ1n) is 6.63. The number of benzene rings is 1. The highest BCUT2D eigenvalue weighted by Gasteiger charge is 2.24. The number of aliphatic hydroxyl groups is 2. The maximum atomic E-state index is 10.5. The number of likely N-dealkylation sites (N-methyl/N-ethyl adjacent to an activating group) is 1. The summed E-state index contributed by atoms with van der Waals surface area (Å²) in [6.45, 7) is 3.69. The molecule has 18 heavy (non-hydrogen) atoms. The molecule has 0 aliphatic carbocycles. The summed E-state index contributed by atoms with van der Waals surface area (Å²) >= 11 is 0. The molecule has 1 rings (SSSR count). The van der Waals surface area contributed by atoms with Crippen LogP contribution in [-0.2, 0) is 5.60 Å². The second-order valence-electron chi connectivity index (χ2n) is 5.16. The molecule has 1 aromatic rings. The van der Waals surface area contributed by atoms with E-state index in [1.807, 2.05) is 44.3 Å². The van der Waals surface area contributed by atoms with E-state index in [1.54, 1.807) is 0 Å². The van der Waals surface area contributed by atoms with E-state index >= 15 is 0 Å². The minimum atomic E-state index is -0.813. The van der Waals surface area contributed by atoms with Gasteiger partial charge in [0.15, 0.2) is 0 Å². The van der Waals surface area contributed by atoms with Crippen molar-refractivity contribution in [1.82, 2.24) is 4.90 Å². The fourth-order valence-electron chi connectivity index (χ4n) is 2.16. The molecular formula is C15H25NO2. The Hall–Kier alpha value is -0.900. The molecule has 0 spiro atoms. The van der Waals surface area contributed by atoms with Crippen molar-refractivity contribution in [3.63, 3.8) is 0 Å². The zero-order chi connectivity index (χ0) is 13.4. The molecule has 0 aliphatic heterocycles. The molecule has 102 valence electrons. The average molecular weight is 251 g/mol. The molecule has 3 heteroatoms. The van der Waals surface area contributed by atoms with Gasteiger partial charge in [-0.25, -0.2) is 0 Å². The van der Waals surface area contributed by atoms with Crippen LogP contribution in [0.3, 0.4) is 0 Å². The van der Waals surface area contributed by atoms with Gasteiger partial charge in [0.05, 0.1) is 5.60 Å². The molecule has 1 aromatic carbocycles. The second kappa shape index (κ2) is 7.52. The highest BCUT2D eigenvalue weighted by molar-refractivity contribution is 5.21. The first-order chi connectivity index (χ1) is 8.56. The fourth-order valence-corrected chi connectivity index (χ4v) is 2.16. The van der Waals surface area contributed by atoms with Crippen LogP contribution in [0.25, 0.3) is 0 Å². The van der Waals surface area contributed by atoms with Gasteiger partial charge < -0.3 is 15.1 Å². The Balaban J connectivity index is 2.40. The first-order valence-corrected chi connectivity index (χ1v) is 6.63. The highest BCUT2D eigenvalue weighted by Crippen LogP contribution is 2.21. The summed E-state index contributed by atoms with van der Waals surface area (Å²) in [7, 11) is 2.02. The van der Waals surface area contributed by atoms with Crippen LogP contribution in [0.5, 0.6) is 0 Å². The fraction of sp³-hybridized carbons (Fsp3) is 0.600. The molecule has 1 unspecified atom stereocenters. The standard InChI is InChI=1S/C15H25NO2/c1-15(18,14-9-5-3-6-10-14)13-16(2)11-7-4-8-12-17/h3,5-6,9-10,17-18H,4,7-8,11-13H2,1-2H3. The minimum absolute atomic E-state index is 0.269. The molecule has 2 N–H and O–H groups in total. The van der Waals surface area contributed by atoms with Crippen LogP contribution in [0.1, 0.15) is 31.7 Å². The molecule has 0 radical (unpaired) electrons. The Labute approximate surface area is 110 Å². The number of hydrogen-bond acceptors (Lipinski definition) is 3. The van der Waals surface area contributed by atoms with Gasteiger partial charge in [0, 0.05) is 13.2 Å². The zero-order valence-electron chi connectivity index (χ0n) is 11.5. The maximum Gasteiger partial charge on any atom is 0.0994 e. The van der Waals surface area contributed by atoms with Crippen LogP contribution >= 0.6 is 0 Å². The van der Waals surface area contributed by atoms with Gasteiger partial charge in [-0.05, 0) is 45.3 Å². The predicted octanol–water partition coefficient (Wildman–Crippen LogP) is 1.99. The second-order valence-corrected chi connectivity index (χ2v) is 5.16. The van der Waals surface area contributed by atoms with E-state index in [4.69, 9.17) is 5.11 Å². The summed E-state index contributed by atoms with van der Waals surface area (Å²) in [6, 6.07) is 9.77. The number of rotatable bonds is 8. The summed E-state index contributed by atoms with van der Waals surface area (Å²) in [5.41, 5.74) is 0.139. The topological polar surface area (TPSA) is 43.7 Å². The van der Waals surface area contributed by atoms with Gasteiger partial charge in [0.2, 0.25) is 0 Å². The van der Waals surface area contributed by atoms with Crippen molar-refractivity contribution >= 4 is 0 Å². The van der Waals surface area contributed by atoms with E-state index in [-0.39, 0.29) is 6.61 Å². The molecule has 1 atom stereocenters. The lowest BCUT2D eigenvalue weighted by Gasteiger charge is -2.29. The highest BCUT2D eigenvalue weighted by atomic mass is 16.3. The van der Waals surface area contributed by atoms with Crippen molar-refractivity contribution in [1.29, 1.82) is 0 Å². The van der Waals surface area contributed by atoms with Crippen molar-refractivity contribution < 1.29 is 10.2 Å². The van der Waals surface area contributed by atoms with Crippen molar-refractivity contribution in [2.75, 3.05) is 26.7 Å². The Kier molecular flexibility index (Phi) is 6.33. The average Bonchev–Trinajstić information content (AvgIpc) is 2.35. The lowest BCUT2D eigenvalue weighted by molar-refractivity contribution is 0.0230. The summed E-state index contributed by atoms with van der Waals surface area (Å²) in [5.74, 6) is 0. The van der Waals surface area contributed by atoms with Crippen LogP contribution in [0.4, 0.5) is 0 Å². The molecule has 3 nitrogen and oxygen atoms in total. The minimum Gasteiger partial charge on any atom is -0.396 e. The number of nitrogens with zero attached hydrogens (tertiary/aromatic N) is 1. The smallest absolute Gasteiger partial charge is 0.0994 e. The van der Waals surface area contributed by atoms with Gasteiger partial charge in [-0.15, -0.1) is 0 Å². The van der Waals surface area contributed by atoms with E-state index in [0.717, 1.165) is 31.4 Å². The van der Waals surface area contributed by atoms with Gasteiger partial charge in [0.25, 0.3) is 0 Å². The Morgan fingerprint density at radius 2 is 1.78 bits per heavy atom. The van der Waals surface area contributed by atoms with Gasteiger partial charge in [-0.1, -0.05) is 30.3 Å². The number of aliphatic hydroxyl groups excluding tert-OH is 1. The van der Waals surface area contributed by atoms with E-state index in [2.05, 4.69) is 4.90 Å². The maximum absolute atomic E-state index is 10.5. The molecule has 0 heterocycles. The number of unbranched alkanes of at least 4 members (excludes halogenated alkanes) is 2. The van der Waals surface area contributed by atoms with E-state index in [1.165, 1.54) is 0 Å². The third-order valence-corrected chi connectivity index (χ3v) is 3.17. The molecule has 0 aliphatic rings. The summed E-state index contributed by atoms with van der Waals surface area (Å²) < 4.78 is 0. The molecule has 0 aromatic heterocycles. The van der Waals surface area contributed by atoms with Crippen LogP contribution in [0.2, 0.25) is 0 Å². The molecule has 0 bridgehead atoms. The molecule has 0 saturated heterocycles. The Bertz CT molecular complexity index is 325. The number of hydrogen-bond donors (Lipinski definition) is 2. The molecule has 0 amide bonds. The van der Waals surface area contributed by atoms with Crippen LogP contribution in [0, 0.1) is 0 Å². The van der Waals surface area contributed by atoms with Crippen molar-refractivity contribution in [2.24, 2.45) is 0 Å². The van der Waals surface area contributed by atoms with Crippen LogP contribution in [-0.4, -0.2) is 41.9 Å². The summed E-state index contributed by atoms with van der Waals surface area (Å²) in [5, 5.41) is 19.2. The van der Waals surface area contributed by atoms with Crippen LogP contribution < -0.4 is 0 Å².